The summed E-state index contributed by atoms with van der Waals surface area (Å²) in [6.07, 6.45) is 3.26. The monoisotopic (exact) mass is 546 g/mol. The van der Waals surface area contributed by atoms with Gasteiger partial charge in [-0.3, -0.25) is 14.9 Å². The van der Waals surface area contributed by atoms with E-state index in [0.717, 1.165) is 29.7 Å². The first-order chi connectivity index (χ1) is 18.2. The predicted octanol–water partition coefficient (Wildman–Crippen LogP) is 2.44. The molecule has 1 atom stereocenters. The van der Waals surface area contributed by atoms with Gasteiger partial charge in [0, 0.05) is 43.0 Å². The number of hydrogen-bond acceptors (Lipinski definition) is 8. The van der Waals surface area contributed by atoms with Crippen LogP contribution in [0.1, 0.15) is 65.7 Å². The molecule has 1 amide bonds. The Morgan fingerprint density at radius 2 is 1.89 bits per heavy atom. The molecule has 2 aliphatic rings. The number of carbonyl (C=O) groups excluding carboxylic acids is 1. The molecule has 0 bridgehead atoms. The Morgan fingerprint density at radius 1 is 1.16 bits per heavy atom. The molecular weight excluding hydrogens is 508 g/mol. The van der Waals surface area contributed by atoms with Gasteiger partial charge >= 0.3 is 0 Å². The van der Waals surface area contributed by atoms with Crippen LogP contribution in [0.25, 0.3) is 0 Å². The first-order valence-electron chi connectivity index (χ1n) is 13.1. The molecule has 12 heteroatoms. The number of piperazine rings is 1. The number of nitrogens with one attached hydrogen (secondary N) is 2. The van der Waals surface area contributed by atoms with Gasteiger partial charge in [0.15, 0.2) is 0 Å². The fraction of sp³-hybridized carbons (Fsp3) is 0.538. The average molecular weight is 547 g/mol. The second-order valence-electron chi connectivity index (χ2n) is 9.63. The Hall–Kier alpha value is -3.09. The largest absolute Gasteiger partial charge is 0.493 e. The van der Waals surface area contributed by atoms with E-state index in [2.05, 4.69) is 27.7 Å². The van der Waals surface area contributed by atoms with Gasteiger partial charge in [0.05, 0.1) is 17.7 Å². The van der Waals surface area contributed by atoms with Crippen molar-refractivity contribution in [1.82, 2.24) is 19.2 Å². The minimum Gasteiger partial charge on any atom is -0.493 e. The Balaban J connectivity index is 1.76. The second-order valence-corrected chi connectivity index (χ2v) is 11.6. The van der Waals surface area contributed by atoms with Crippen LogP contribution in [0.2, 0.25) is 0 Å². The van der Waals surface area contributed by atoms with Gasteiger partial charge in [0.2, 0.25) is 10.0 Å². The molecule has 1 fully saturated rings. The van der Waals surface area contributed by atoms with Crippen molar-refractivity contribution in [3.05, 3.63) is 46.3 Å². The maximum Gasteiger partial charge on any atom is 0.272 e. The average Bonchev–Trinajstić information content (AvgIpc) is 3.17. The number of likely N-dealkylation sites (N-methyl/N-ethyl adjacent to an activating group) is 1. The highest BCUT2D eigenvalue weighted by Gasteiger charge is 2.34. The quantitative estimate of drug-likeness (QED) is 0.347. The number of rotatable bonds is 10. The Labute approximate surface area is 224 Å². The summed E-state index contributed by atoms with van der Waals surface area (Å²) in [5.74, 6) is 0.252. The number of benzene rings is 1. The highest BCUT2D eigenvalue weighted by molar-refractivity contribution is 7.89. The van der Waals surface area contributed by atoms with Crippen LogP contribution in [0.3, 0.4) is 0 Å². The highest BCUT2D eigenvalue weighted by Crippen LogP contribution is 2.33. The van der Waals surface area contributed by atoms with E-state index in [9.17, 15) is 13.2 Å². The van der Waals surface area contributed by atoms with Crippen LogP contribution in [0.15, 0.2) is 28.3 Å². The molecule has 0 radical (unpaired) electrons. The number of hydrogen-bond donors (Lipinski definition) is 2. The van der Waals surface area contributed by atoms with Crippen molar-refractivity contribution < 1.29 is 22.8 Å². The van der Waals surface area contributed by atoms with Crippen molar-refractivity contribution in [1.29, 1.82) is 0 Å². The molecule has 208 valence electrons. The van der Waals surface area contributed by atoms with Crippen molar-refractivity contribution in [2.75, 3.05) is 52.4 Å². The van der Waals surface area contributed by atoms with Crippen molar-refractivity contribution in [2.24, 2.45) is 5.16 Å². The molecule has 11 nitrogen and oxygen atoms in total. The number of ether oxygens (including phenoxy) is 1. The van der Waals surface area contributed by atoms with Crippen LogP contribution in [-0.4, -0.2) is 81.4 Å². The summed E-state index contributed by atoms with van der Waals surface area (Å²) in [7, 11) is -0.257. The Kier molecular flexibility index (Phi) is 8.64. The number of nitrogens with zero attached hydrogens (tertiary/aromatic N) is 4. The molecular formula is C26H38N6O5S. The third kappa shape index (κ3) is 5.38. The smallest absolute Gasteiger partial charge is 0.272 e. The first kappa shape index (κ1) is 27.9. The molecule has 2 aliphatic heterocycles. The lowest BCUT2D eigenvalue weighted by Gasteiger charge is -2.33. The molecule has 1 saturated heterocycles. The lowest BCUT2D eigenvalue weighted by Crippen LogP contribution is -2.47. The fourth-order valence-corrected chi connectivity index (χ4v) is 6.34. The van der Waals surface area contributed by atoms with Crippen molar-refractivity contribution in [2.45, 2.75) is 51.1 Å². The van der Waals surface area contributed by atoms with Gasteiger partial charge in [-0.15, -0.1) is 0 Å². The summed E-state index contributed by atoms with van der Waals surface area (Å²) < 4.78 is 36.4. The molecule has 38 heavy (non-hydrogen) atoms. The Morgan fingerprint density at radius 3 is 2.55 bits per heavy atom. The number of amides is 1. The van der Waals surface area contributed by atoms with Crippen LogP contribution in [0.4, 0.5) is 0 Å². The van der Waals surface area contributed by atoms with E-state index in [-0.39, 0.29) is 10.8 Å². The zero-order valence-electron chi connectivity index (χ0n) is 22.8. The van der Waals surface area contributed by atoms with Crippen molar-refractivity contribution in [3.8, 4) is 5.75 Å². The van der Waals surface area contributed by atoms with Crippen LogP contribution in [-0.2, 0) is 21.3 Å². The molecule has 2 aromatic rings. The highest BCUT2D eigenvalue weighted by atomic mass is 32.2. The van der Waals surface area contributed by atoms with E-state index < -0.39 is 16.2 Å². The Bertz CT molecular complexity index is 1300. The van der Waals surface area contributed by atoms with E-state index in [1.54, 1.807) is 29.1 Å². The lowest BCUT2D eigenvalue weighted by atomic mass is 10.1. The molecule has 1 aromatic heterocycles. The van der Waals surface area contributed by atoms with Gasteiger partial charge in [-0.25, -0.2) is 8.42 Å². The molecule has 3 heterocycles. The summed E-state index contributed by atoms with van der Waals surface area (Å²) >= 11 is 0. The molecule has 1 unspecified atom stereocenters. The van der Waals surface area contributed by atoms with Gasteiger partial charge in [0.25, 0.3) is 5.91 Å². The minimum absolute atomic E-state index is 0.174. The third-order valence-electron chi connectivity index (χ3n) is 6.94. The van der Waals surface area contributed by atoms with E-state index in [1.165, 1.54) is 11.4 Å². The summed E-state index contributed by atoms with van der Waals surface area (Å²) in [5.41, 5.74) is 6.94. The summed E-state index contributed by atoms with van der Waals surface area (Å²) in [6, 6.07) is 4.88. The van der Waals surface area contributed by atoms with E-state index in [1.807, 2.05) is 20.9 Å². The molecule has 4 rings (SSSR count). The van der Waals surface area contributed by atoms with Gasteiger partial charge in [-0.05, 0) is 50.6 Å². The zero-order chi connectivity index (χ0) is 27.4. The number of fused-ring (bicyclic) bond motifs is 1. The maximum absolute atomic E-state index is 13.5. The molecule has 2 N–H and O–H groups in total. The summed E-state index contributed by atoms with van der Waals surface area (Å²) in [5, 5.41) is 6.94. The van der Waals surface area contributed by atoms with Gasteiger partial charge in [-0.2, -0.15) is 4.31 Å². The zero-order valence-corrected chi connectivity index (χ0v) is 23.6. The third-order valence-corrected chi connectivity index (χ3v) is 8.83. The number of carbonyl (C=O) groups is 1. The maximum atomic E-state index is 13.5. The van der Waals surface area contributed by atoms with Gasteiger partial charge in [0.1, 0.15) is 24.7 Å². The topological polar surface area (TPSA) is 118 Å². The SMILES string of the molecule is CCCOc1ccc(S(=O)(=O)N2CCN(C)CC2)cc1C1NC(=O)c2c(C)c(/C=N/OC)c(CCC)n2N1. The summed E-state index contributed by atoms with van der Waals surface area (Å²) in [4.78, 5) is 20.6. The lowest BCUT2D eigenvalue weighted by molar-refractivity contribution is 0.0913. The molecule has 0 spiro atoms. The minimum atomic E-state index is -3.72. The van der Waals surface area contributed by atoms with Crippen LogP contribution < -0.4 is 15.5 Å². The molecule has 0 saturated carbocycles. The van der Waals surface area contributed by atoms with Crippen molar-refractivity contribution in [3.63, 3.8) is 0 Å². The molecule has 0 aliphatic carbocycles. The van der Waals surface area contributed by atoms with Crippen LogP contribution >= 0.6 is 0 Å². The van der Waals surface area contributed by atoms with Gasteiger partial charge in [-0.1, -0.05) is 25.4 Å². The van der Waals surface area contributed by atoms with Gasteiger partial charge < -0.3 is 19.8 Å². The standard InChI is InChI=1S/C26H38N6O5S/c1-6-8-22-21(17-27-36-5)18(3)24-26(33)28-25(29-32(22)24)20-16-19(9-10-23(20)37-15-7-2)38(34,35)31-13-11-30(4)12-14-31/h9-10,16-17,25,29H,6-8,11-15H2,1-5H3,(H,28,33)/b27-17+. The van der Waals surface area contributed by atoms with Crippen LogP contribution in [0.5, 0.6) is 5.75 Å². The van der Waals surface area contributed by atoms with Crippen LogP contribution in [0, 0.1) is 6.92 Å². The first-order valence-corrected chi connectivity index (χ1v) is 14.5. The summed E-state index contributed by atoms with van der Waals surface area (Å²) in [6.45, 7) is 8.62. The number of sulfonamides is 1. The van der Waals surface area contributed by atoms with E-state index >= 15 is 0 Å². The number of aromatic nitrogens is 1. The second kappa shape index (κ2) is 11.7. The van der Waals surface area contributed by atoms with E-state index in [0.29, 0.717) is 56.2 Å². The van der Waals surface area contributed by atoms with E-state index in [4.69, 9.17) is 9.57 Å². The fourth-order valence-electron chi connectivity index (χ4n) is 4.88. The number of oxime groups is 1. The predicted molar refractivity (Wildman–Crippen MR) is 146 cm³/mol. The van der Waals surface area contributed by atoms with Crippen molar-refractivity contribution >= 4 is 22.1 Å². The molecule has 1 aromatic carbocycles. The normalized spacial score (nSPS) is 18.8.